The predicted octanol–water partition coefficient (Wildman–Crippen LogP) is 3.00. The van der Waals surface area contributed by atoms with Crippen LogP contribution in [0.4, 0.5) is 4.39 Å². The van der Waals surface area contributed by atoms with Crippen LogP contribution < -0.4 is 0 Å². The van der Waals surface area contributed by atoms with E-state index >= 15 is 0 Å². The van der Waals surface area contributed by atoms with Crippen molar-refractivity contribution < 1.29 is 14.2 Å². The lowest BCUT2D eigenvalue weighted by Crippen LogP contribution is -2.43. The number of hydrogen-bond acceptors (Lipinski definition) is 2. The van der Waals surface area contributed by atoms with Crippen molar-refractivity contribution in [3.05, 3.63) is 35.1 Å². The van der Waals surface area contributed by atoms with E-state index in [2.05, 4.69) is 0 Å². The van der Waals surface area contributed by atoms with Crippen LogP contribution in [0.15, 0.2) is 18.2 Å². The smallest absolute Gasteiger partial charge is 0.123 e. The van der Waals surface area contributed by atoms with Crippen molar-refractivity contribution in [2.24, 2.45) is 0 Å². The molecule has 1 aliphatic rings. The summed E-state index contributed by atoms with van der Waals surface area (Å²) in [5.41, 5.74) is 1.48. The van der Waals surface area contributed by atoms with E-state index < -0.39 is 11.7 Å². The van der Waals surface area contributed by atoms with Crippen LogP contribution in [-0.2, 0) is 11.2 Å². The SMILES string of the molecule is COC1(C(O)Cc2ccc(F)cc2C)CCCC1. The summed E-state index contributed by atoms with van der Waals surface area (Å²) in [6.07, 6.45) is 4.03. The molecule has 0 aromatic heterocycles. The molecule has 100 valence electrons. The molecule has 18 heavy (non-hydrogen) atoms. The van der Waals surface area contributed by atoms with Gasteiger partial charge in [0.1, 0.15) is 5.82 Å². The van der Waals surface area contributed by atoms with Gasteiger partial charge in [-0.2, -0.15) is 0 Å². The molecule has 2 rings (SSSR count). The van der Waals surface area contributed by atoms with Crippen molar-refractivity contribution in [1.29, 1.82) is 0 Å². The van der Waals surface area contributed by atoms with Crippen molar-refractivity contribution in [1.82, 2.24) is 0 Å². The molecule has 0 bridgehead atoms. The van der Waals surface area contributed by atoms with Crippen LogP contribution in [0.25, 0.3) is 0 Å². The monoisotopic (exact) mass is 252 g/mol. The number of rotatable bonds is 4. The Morgan fingerprint density at radius 3 is 2.61 bits per heavy atom. The minimum Gasteiger partial charge on any atom is -0.390 e. The van der Waals surface area contributed by atoms with Crippen molar-refractivity contribution in [2.45, 2.75) is 50.7 Å². The summed E-state index contributed by atoms with van der Waals surface area (Å²) in [7, 11) is 1.67. The number of ether oxygens (including phenoxy) is 1. The lowest BCUT2D eigenvalue weighted by atomic mass is 9.88. The number of hydrogen-bond donors (Lipinski definition) is 1. The molecule has 1 unspecified atom stereocenters. The second-order valence-corrected chi connectivity index (χ2v) is 5.27. The molecule has 0 heterocycles. The minimum atomic E-state index is -0.519. The van der Waals surface area contributed by atoms with Gasteiger partial charge in [-0.05, 0) is 43.0 Å². The molecule has 1 fully saturated rings. The maximum atomic E-state index is 13.0. The fourth-order valence-corrected chi connectivity index (χ4v) is 2.93. The zero-order valence-electron chi connectivity index (χ0n) is 11.1. The van der Waals surface area contributed by atoms with Crippen LogP contribution in [-0.4, -0.2) is 23.9 Å². The van der Waals surface area contributed by atoms with Crippen LogP contribution in [0.3, 0.4) is 0 Å². The molecule has 1 aromatic rings. The molecule has 1 N–H and O–H groups in total. The highest BCUT2D eigenvalue weighted by Crippen LogP contribution is 2.37. The number of aryl methyl sites for hydroxylation is 1. The van der Waals surface area contributed by atoms with E-state index in [-0.39, 0.29) is 5.82 Å². The second kappa shape index (κ2) is 5.37. The third-order valence-electron chi connectivity index (χ3n) is 4.18. The van der Waals surface area contributed by atoms with Crippen LogP contribution in [0, 0.1) is 12.7 Å². The standard InChI is InChI=1S/C15H21FO2/c1-11-9-13(16)6-5-12(11)10-14(17)15(18-2)7-3-4-8-15/h5-6,9,14,17H,3-4,7-8,10H2,1-2H3. The van der Waals surface area contributed by atoms with Gasteiger partial charge in [0, 0.05) is 13.5 Å². The molecule has 1 aromatic carbocycles. The molecule has 3 heteroatoms. The van der Waals surface area contributed by atoms with Crippen molar-refractivity contribution >= 4 is 0 Å². The Labute approximate surface area is 108 Å². The highest BCUT2D eigenvalue weighted by atomic mass is 19.1. The summed E-state index contributed by atoms with van der Waals surface area (Å²) in [5.74, 6) is -0.229. The quantitative estimate of drug-likeness (QED) is 0.892. The number of benzene rings is 1. The summed E-state index contributed by atoms with van der Waals surface area (Å²) in [6.45, 7) is 1.87. The Hall–Kier alpha value is -0.930. The second-order valence-electron chi connectivity index (χ2n) is 5.27. The summed E-state index contributed by atoms with van der Waals surface area (Å²) in [6, 6.07) is 4.71. The van der Waals surface area contributed by atoms with Gasteiger partial charge in [0.25, 0.3) is 0 Å². The zero-order chi connectivity index (χ0) is 13.2. The van der Waals surface area contributed by atoms with Crippen molar-refractivity contribution in [3.63, 3.8) is 0 Å². The third kappa shape index (κ3) is 2.57. The summed E-state index contributed by atoms with van der Waals surface area (Å²) >= 11 is 0. The first-order valence-electron chi connectivity index (χ1n) is 6.56. The Kier molecular flexibility index (Phi) is 4.03. The van der Waals surface area contributed by atoms with E-state index in [1.165, 1.54) is 12.1 Å². The maximum Gasteiger partial charge on any atom is 0.123 e. The van der Waals surface area contributed by atoms with Crippen molar-refractivity contribution in [3.8, 4) is 0 Å². The first kappa shape index (κ1) is 13.5. The lowest BCUT2D eigenvalue weighted by molar-refractivity contribution is -0.0971. The normalized spacial score (nSPS) is 20.0. The van der Waals surface area contributed by atoms with Gasteiger partial charge in [0.05, 0.1) is 11.7 Å². The van der Waals surface area contributed by atoms with Gasteiger partial charge in [-0.3, -0.25) is 0 Å². The van der Waals surface area contributed by atoms with Gasteiger partial charge in [-0.25, -0.2) is 4.39 Å². The Bertz CT molecular complexity index is 411. The van der Waals surface area contributed by atoms with Crippen LogP contribution >= 0.6 is 0 Å². The molecular weight excluding hydrogens is 231 g/mol. The molecule has 0 spiro atoms. The molecule has 0 amide bonds. The average Bonchev–Trinajstić information content (AvgIpc) is 2.82. The molecule has 1 aliphatic carbocycles. The molecule has 1 saturated carbocycles. The Balaban J connectivity index is 2.12. The van der Waals surface area contributed by atoms with E-state index in [4.69, 9.17) is 4.74 Å². The van der Waals surface area contributed by atoms with E-state index in [0.717, 1.165) is 36.8 Å². The third-order valence-corrected chi connectivity index (χ3v) is 4.18. The lowest BCUT2D eigenvalue weighted by Gasteiger charge is -2.33. The summed E-state index contributed by atoms with van der Waals surface area (Å²) < 4.78 is 18.6. The van der Waals surface area contributed by atoms with Crippen LogP contribution in [0.5, 0.6) is 0 Å². The molecule has 0 aliphatic heterocycles. The van der Waals surface area contributed by atoms with Crippen molar-refractivity contribution in [2.75, 3.05) is 7.11 Å². The van der Waals surface area contributed by atoms with Gasteiger partial charge in [0.15, 0.2) is 0 Å². The van der Waals surface area contributed by atoms with E-state index in [9.17, 15) is 9.50 Å². The predicted molar refractivity (Wildman–Crippen MR) is 69.1 cm³/mol. The Morgan fingerprint density at radius 1 is 1.39 bits per heavy atom. The van der Waals surface area contributed by atoms with Gasteiger partial charge in [-0.1, -0.05) is 18.9 Å². The number of methoxy groups -OCH3 is 1. The van der Waals surface area contributed by atoms with E-state index in [1.54, 1.807) is 13.2 Å². The topological polar surface area (TPSA) is 29.5 Å². The van der Waals surface area contributed by atoms with Crippen LogP contribution in [0.2, 0.25) is 0 Å². The van der Waals surface area contributed by atoms with Gasteiger partial charge >= 0.3 is 0 Å². The van der Waals surface area contributed by atoms with Crippen LogP contribution in [0.1, 0.15) is 36.8 Å². The van der Waals surface area contributed by atoms with E-state index in [1.807, 2.05) is 6.92 Å². The minimum absolute atomic E-state index is 0.229. The Morgan fingerprint density at radius 2 is 2.06 bits per heavy atom. The molecular formula is C15H21FO2. The van der Waals surface area contributed by atoms with E-state index in [0.29, 0.717) is 6.42 Å². The van der Waals surface area contributed by atoms with Gasteiger partial charge < -0.3 is 9.84 Å². The number of aliphatic hydroxyl groups is 1. The number of aliphatic hydroxyl groups excluding tert-OH is 1. The highest BCUT2D eigenvalue weighted by molar-refractivity contribution is 5.27. The van der Waals surface area contributed by atoms with Gasteiger partial charge in [-0.15, -0.1) is 0 Å². The zero-order valence-corrected chi connectivity index (χ0v) is 11.1. The molecule has 2 nitrogen and oxygen atoms in total. The largest absolute Gasteiger partial charge is 0.390 e. The van der Waals surface area contributed by atoms with Gasteiger partial charge in [0.2, 0.25) is 0 Å². The number of halogens is 1. The summed E-state index contributed by atoms with van der Waals surface area (Å²) in [5, 5.41) is 10.4. The fraction of sp³-hybridized carbons (Fsp3) is 0.600. The molecule has 0 radical (unpaired) electrons. The maximum absolute atomic E-state index is 13.0. The first-order valence-corrected chi connectivity index (χ1v) is 6.56. The molecule has 0 saturated heterocycles. The first-order chi connectivity index (χ1) is 8.57. The average molecular weight is 252 g/mol. The highest BCUT2D eigenvalue weighted by Gasteiger charge is 2.40. The molecule has 1 atom stereocenters. The fourth-order valence-electron chi connectivity index (χ4n) is 2.93. The summed E-state index contributed by atoms with van der Waals surface area (Å²) in [4.78, 5) is 0.